The molecule has 0 spiro atoms. The first-order valence-electron chi connectivity index (χ1n) is 7.41. The smallest absolute Gasteiger partial charge is 0.317 e. The summed E-state index contributed by atoms with van der Waals surface area (Å²) in [5, 5.41) is 5.29. The van der Waals surface area contributed by atoms with E-state index in [2.05, 4.69) is 5.01 Å². The number of hydrazine groups is 1. The van der Waals surface area contributed by atoms with Crippen molar-refractivity contribution in [3.05, 3.63) is 33.8 Å². The minimum Gasteiger partial charge on any atom is -0.317 e. The van der Waals surface area contributed by atoms with Gasteiger partial charge in [0.05, 0.1) is 13.1 Å². The third-order valence-electron chi connectivity index (χ3n) is 4.16. The molecule has 2 heterocycles. The monoisotopic (exact) mass is 327 g/mol. The van der Waals surface area contributed by atoms with Gasteiger partial charge in [-0.2, -0.15) is 0 Å². The van der Waals surface area contributed by atoms with Crippen LogP contribution >= 0.6 is 23.2 Å². The molecule has 2 fully saturated rings. The number of urea groups is 1. The van der Waals surface area contributed by atoms with Gasteiger partial charge in [0.2, 0.25) is 0 Å². The molecule has 0 saturated carbocycles. The number of piperidine rings is 1. The van der Waals surface area contributed by atoms with Crippen LogP contribution in [0.3, 0.4) is 0 Å². The van der Waals surface area contributed by atoms with E-state index in [9.17, 15) is 4.79 Å². The lowest BCUT2D eigenvalue weighted by Crippen LogP contribution is -2.47. The highest BCUT2D eigenvalue weighted by atomic mass is 35.5. The molecule has 3 rings (SSSR count). The zero-order valence-electron chi connectivity index (χ0n) is 11.9. The van der Waals surface area contributed by atoms with Gasteiger partial charge in [0.25, 0.3) is 0 Å². The Balaban J connectivity index is 1.69. The number of amides is 2. The number of hydrogen-bond donors (Lipinski definition) is 0. The Hall–Kier alpha value is -0.970. The summed E-state index contributed by atoms with van der Waals surface area (Å²) in [4.78, 5) is 14.4. The number of rotatable bonds is 3. The first kappa shape index (κ1) is 14.9. The fourth-order valence-electron chi connectivity index (χ4n) is 2.97. The van der Waals surface area contributed by atoms with E-state index >= 15 is 0 Å². The normalized spacial score (nSPS) is 20.4. The largest absolute Gasteiger partial charge is 0.334 e. The van der Waals surface area contributed by atoms with Crippen molar-refractivity contribution in [2.24, 2.45) is 0 Å². The van der Waals surface area contributed by atoms with E-state index in [1.54, 1.807) is 0 Å². The number of halogens is 2. The lowest BCUT2D eigenvalue weighted by Gasteiger charge is -2.34. The SMILES string of the molecule is O=C1N(Cc2c(Cl)cccc2Cl)CCN1N1CCCCC1. The van der Waals surface area contributed by atoms with Crippen LogP contribution in [0.1, 0.15) is 24.8 Å². The first-order chi connectivity index (χ1) is 10.2. The van der Waals surface area contributed by atoms with Gasteiger partial charge in [0.15, 0.2) is 0 Å². The summed E-state index contributed by atoms with van der Waals surface area (Å²) in [6.07, 6.45) is 3.59. The molecule has 1 aromatic carbocycles. The number of benzene rings is 1. The Morgan fingerprint density at radius 3 is 2.29 bits per heavy atom. The molecule has 0 unspecified atom stereocenters. The molecule has 0 aliphatic carbocycles. The standard InChI is InChI=1S/C15H19Cl2N3O/c16-13-5-4-6-14(17)12(13)11-18-9-10-20(15(18)21)19-7-2-1-3-8-19/h4-6H,1-3,7-11H2. The average molecular weight is 328 g/mol. The van der Waals surface area contributed by atoms with Gasteiger partial charge in [0, 0.05) is 35.2 Å². The van der Waals surface area contributed by atoms with Gasteiger partial charge in [-0.3, -0.25) is 5.01 Å². The van der Waals surface area contributed by atoms with Gasteiger partial charge in [-0.15, -0.1) is 0 Å². The Morgan fingerprint density at radius 1 is 0.952 bits per heavy atom. The van der Waals surface area contributed by atoms with E-state index in [-0.39, 0.29) is 6.03 Å². The molecule has 0 bridgehead atoms. The van der Waals surface area contributed by atoms with Crippen molar-refractivity contribution in [1.82, 2.24) is 14.9 Å². The Morgan fingerprint density at radius 2 is 1.62 bits per heavy atom. The molecule has 4 nitrogen and oxygen atoms in total. The Kier molecular flexibility index (Phi) is 4.57. The Bertz CT molecular complexity index is 511. The summed E-state index contributed by atoms with van der Waals surface area (Å²) in [5.74, 6) is 0. The number of hydrogen-bond acceptors (Lipinski definition) is 2. The van der Waals surface area contributed by atoms with Crippen LogP contribution in [0.25, 0.3) is 0 Å². The van der Waals surface area contributed by atoms with Crippen LogP contribution in [0.5, 0.6) is 0 Å². The zero-order valence-corrected chi connectivity index (χ0v) is 13.4. The first-order valence-corrected chi connectivity index (χ1v) is 8.16. The molecule has 2 aliphatic heterocycles. The second kappa shape index (κ2) is 6.42. The van der Waals surface area contributed by atoms with Crippen LogP contribution in [0.2, 0.25) is 10.0 Å². The fourth-order valence-corrected chi connectivity index (χ4v) is 3.49. The summed E-state index contributed by atoms with van der Waals surface area (Å²) in [6, 6.07) is 5.50. The van der Waals surface area contributed by atoms with Crippen molar-refractivity contribution in [2.75, 3.05) is 26.2 Å². The van der Waals surface area contributed by atoms with Crippen molar-refractivity contribution in [2.45, 2.75) is 25.8 Å². The summed E-state index contributed by atoms with van der Waals surface area (Å²) in [7, 11) is 0. The van der Waals surface area contributed by atoms with Crippen LogP contribution < -0.4 is 0 Å². The number of nitrogens with zero attached hydrogens (tertiary/aromatic N) is 3. The molecule has 0 atom stereocenters. The minimum atomic E-state index is 0.0629. The molecule has 0 radical (unpaired) electrons. The lowest BCUT2D eigenvalue weighted by atomic mass is 10.2. The predicted molar refractivity (Wildman–Crippen MR) is 84.4 cm³/mol. The highest BCUT2D eigenvalue weighted by Crippen LogP contribution is 2.27. The predicted octanol–water partition coefficient (Wildman–Crippen LogP) is 3.63. The molecule has 21 heavy (non-hydrogen) atoms. The fraction of sp³-hybridized carbons (Fsp3) is 0.533. The Labute approximate surface area is 135 Å². The summed E-state index contributed by atoms with van der Waals surface area (Å²) >= 11 is 12.4. The van der Waals surface area contributed by atoms with Crippen molar-refractivity contribution in [1.29, 1.82) is 0 Å². The number of carbonyl (C=O) groups excluding carboxylic acids is 1. The quantitative estimate of drug-likeness (QED) is 0.847. The van der Waals surface area contributed by atoms with E-state index in [0.717, 1.165) is 31.7 Å². The minimum absolute atomic E-state index is 0.0629. The zero-order chi connectivity index (χ0) is 14.8. The van der Waals surface area contributed by atoms with Crippen LogP contribution in [0.15, 0.2) is 18.2 Å². The second-order valence-electron chi connectivity index (χ2n) is 5.54. The molecule has 0 aromatic heterocycles. The maximum Gasteiger partial charge on any atom is 0.334 e. The van der Waals surface area contributed by atoms with Gasteiger partial charge in [-0.25, -0.2) is 9.80 Å². The van der Waals surface area contributed by atoms with Gasteiger partial charge in [0.1, 0.15) is 0 Å². The topological polar surface area (TPSA) is 26.8 Å². The van der Waals surface area contributed by atoms with Gasteiger partial charge < -0.3 is 4.90 Å². The molecule has 2 saturated heterocycles. The van der Waals surface area contributed by atoms with Crippen LogP contribution in [-0.2, 0) is 6.54 Å². The maximum atomic E-state index is 12.6. The van der Waals surface area contributed by atoms with E-state index in [0.29, 0.717) is 16.6 Å². The maximum absolute atomic E-state index is 12.6. The van der Waals surface area contributed by atoms with E-state index in [1.165, 1.54) is 19.3 Å². The lowest BCUT2D eigenvalue weighted by molar-refractivity contribution is 0.0122. The van der Waals surface area contributed by atoms with E-state index in [4.69, 9.17) is 23.2 Å². The third kappa shape index (κ3) is 3.12. The van der Waals surface area contributed by atoms with Gasteiger partial charge in [-0.05, 0) is 25.0 Å². The number of carbonyl (C=O) groups is 1. The highest BCUT2D eigenvalue weighted by molar-refractivity contribution is 6.36. The summed E-state index contributed by atoms with van der Waals surface area (Å²) in [6.45, 7) is 3.90. The van der Waals surface area contributed by atoms with Crippen LogP contribution in [0, 0.1) is 0 Å². The van der Waals surface area contributed by atoms with Crippen LogP contribution in [-0.4, -0.2) is 47.1 Å². The molecule has 1 aromatic rings. The molecule has 0 N–H and O–H groups in total. The molecule has 2 aliphatic rings. The van der Waals surface area contributed by atoms with E-state index in [1.807, 2.05) is 28.1 Å². The average Bonchev–Trinajstić information content (AvgIpc) is 2.85. The van der Waals surface area contributed by atoms with Crippen molar-refractivity contribution < 1.29 is 4.79 Å². The van der Waals surface area contributed by atoms with Crippen LogP contribution in [0.4, 0.5) is 4.79 Å². The van der Waals surface area contributed by atoms with Gasteiger partial charge in [-0.1, -0.05) is 35.7 Å². The van der Waals surface area contributed by atoms with Crippen molar-refractivity contribution >= 4 is 29.2 Å². The van der Waals surface area contributed by atoms with Gasteiger partial charge >= 0.3 is 6.03 Å². The summed E-state index contributed by atoms with van der Waals surface area (Å²) in [5.41, 5.74) is 0.828. The molecular weight excluding hydrogens is 309 g/mol. The van der Waals surface area contributed by atoms with E-state index < -0.39 is 0 Å². The highest BCUT2D eigenvalue weighted by Gasteiger charge is 2.33. The molecule has 6 heteroatoms. The molecular formula is C15H19Cl2N3O. The third-order valence-corrected chi connectivity index (χ3v) is 4.87. The molecule has 2 amide bonds. The van der Waals surface area contributed by atoms with Crippen molar-refractivity contribution in [3.63, 3.8) is 0 Å². The second-order valence-corrected chi connectivity index (χ2v) is 6.36. The van der Waals surface area contributed by atoms with Crippen molar-refractivity contribution in [3.8, 4) is 0 Å². The molecule has 114 valence electrons. The summed E-state index contributed by atoms with van der Waals surface area (Å²) < 4.78 is 0.